The minimum Gasteiger partial charge on any atom is -0.397 e. The summed E-state index contributed by atoms with van der Waals surface area (Å²) in [5.41, 5.74) is 8.57. The lowest BCUT2D eigenvalue weighted by Crippen LogP contribution is -2.18. The molecule has 3 nitrogen and oxygen atoms in total. The van der Waals surface area contributed by atoms with Gasteiger partial charge in [0.05, 0.1) is 17.5 Å². The first-order valence-electron chi connectivity index (χ1n) is 4.91. The third-order valence-corrected chi connectivity index (χ3v) is 2.21. The lowest BCUT2D eigenvalue weighted by molar-refractivity contribution is 0.183. The largest absolute Gasteiger partial charge is 0.397 e. The molecule has 14 heavy (non-hydrogen) atoms. The van der Waals surface area contributed by atoms with Gasteiger partial charge in [0.1, 0.15) is 0 Å². The van der Waals surface area contributed by atoms with Gasteiger partial charge < -0.3 is 16.2 Å². The standard InChI is InChI=1S/C11H18N2O/c1-3-9(14)7-13-11-5-4-8(2)6-10(11)12/h4-6,9,13-14H,3,7,12H2,1-2H3. The summed E-state index contributed by atoms with van der Waals surface area (Å²) >= 11 is 0. The molecule has 0 saturated heterocycles. The maximum Gasteiger partial charge on any atom is 0.0709 e. The number of benzene rings is 1. The Balaban J connectivity index is 2.59. The first kappa shape index (κ1) is 10.9. The van der Waals surface area contributed by atoms with Crippen LogP contribution in [0, 0.1) is 6.92 Å². The topological polar surface area (TPSA) is 58.3 Å². The number of nitrogen functional groups attached to an aromatic ring is 1. The highest BCUT2D eigenvalue weighted by Gasteiger charge is 2.02. The average molecular weight is 194 g/mol. The second kappa shape index (κ2) is 4.86. The average Bonchev–Trinajstić information content (AvgIpc) is 2.16. The van der Waals surface area contributed by atoms with Gasteiger partial charge in [0, 0.05) is 6.54 Å². The van der Waals surface area contributed by atoms with Crippen molar-refractivity contribution in [2.45, 2.75) is 26.4 Å². The van der Waals surface area contributed by atoms with Crippen LogP contribution in [-0.4, -0.2) is 17.8 Å². The molecule has 1 atom stereocenters. The molecule has 0 aliphatic heterocycles. The highest BCUT2D eigenvalue weighted by molar-refractivity contribution is 5.66. The van der Waals surface area contributed by atoms with Crippen molar-refractivity contribution >= 4 is 11.4 Å². The van der Waals surface area contributed by atoms with Gasteiger partial charge >= 0.3 is 0 Å². The third-order valence-electron chi connectivity index (χ3n) is 2.21. The van der Waals surface area contributed by atoms with Gasteiger partial charge in [0.25, 0.3) is 0 Å². The van der Waals surface area contributed by atoms with E-state index in [0.717, 1.165) is 23.4 Å². The van der Waals surface area contributed by atoms with Crippen molar-refractivity contribution in [3.05, 3.63) is 23.8 Å². The Bertz CT molecular complexity index is 299. The van der Waals surface area contributed by atoms with Crippen molar-refractivity contribution in [1.82, 2.24) is 0 Å². The first-order chi connectivity index (χ1) is 6.63. The van der Waals surface area contributed by atoms with E-state index in [1.54, 1.807) is 0 Å². The van der Waals surface area contributed by atoms with E-state index in [9.17, 15) is 5.11 Å². The molecular weight excluding hydrogens is 176 g/mol. The molecule has 0 aliphatic rings. The summed E-state index contributed by atoms with van der Waals surface area (Å²) in [5.74, 6) is 0. The number of hydrogen-bond donors (Lipinski definition) is 3. The van der Waals surface area contributed by atoms with Gasteiger partial charge in [-0.05, 0) is 31.0 Å². The zero-order valence-electron chi connectivity index (χ0n) is 8.75. The molecule has 3 heteroatoms. The van der Waals surface area contributed by atoms with Crippen molar-refractivity contribution in [2.75, 3.05) is 17.6 Å². The molecule has 0 bridgehead atoms. The fourth-order valence-corrected chi connectivity index (χ4v) is 1.22. The predicted molar refractivity (Wildman–Crippen MR) is 60.4 cm³/mol. The van der Waals surface area contributed by atoms with Crippen LogP contribution >= 0.6 is 0 Å². The number of aliphatic hydroxyl groups is 1. The van der Waals surface area contributed by atoms with Gasteiger partial charge in [0.15, 0.2) is 0 Å². The van der Waals surface area contributed by atoms with Gasteiger partial charge in [-0.3, -0.25) is 0 Å². The Labute approximate surface area is 84.9 Å². The van der Waals surface area contributed by atoms with Crippen LogP contribution in [0.15, 0.2) is 18.2 Å². The number of nitrogens with two attached hydrogens (primary N) is 1. The molecule has 1 aromatic carbocycles. The van der Waals surface area contributed by atoms with Gasteiger partial charge in [-0.1, -0.05) is 13.0 Å². The van der Waals surface area contributed by atoms with E-state index in [4.69, 9.17) is 5.73 Å². The summed E-state index contributed by atoms with van der Waals surface area (Å²) in [5, 5.41) is 12.5. The van der Waals surface area contributed by atoms with Crippen LogP contribution < -0.4 is 11.1 Å². The van der Waals surface area contributed by atoms with E-state index in [-0.39, 0.29) is 6.10 Å². The van der Waals surface area contributed by atoms with Crippen LogP contribution in [0.1, 0.15) is 18.9 Å². The number of aliphatic hydroxyl groups excluding tert-OH is 1. The van der Waals surface area contributed by atoms with Crippen LogP contribution in [-0.2, 0) is 0 Å². The molecule has 78 valence electrons. The maximum absolute atomic E-state index is 9.36. The lowest BCUT2D eigenvalue weighted by Gasteiger charge is -2.12. The summed E-state index contributed by atoms with van der Waals surface area (Å²) in [6.45, 7) is 4.50. The molecule has 0 amide bonds. The molecule has 0 aliphatic carbocycles. The van der Waals surface area contributed by atoms with Crippen molar-refractivity contribution in [1.29, 1.82) is 0 Å². The Morgan fingerprint density at radius 2 is 2.21 bits per heavy atom. The fraction of sp³-hybridized carbons (Fsp3) is 0.455. The number of nitrogens with one attached hydrogen (secondary N) is 1. The van der Waals surface area contributed by atoms with Crippen molar-refractivity contribution < 1.29 is 5.11 Å². The van der Waals surface area contributed by atoms with Gasteiger partial charge in [-0.15, -0.1) is 0 Å². The highest BCUT2D eigenvalue weighted by atomic mass is 16.3. The van der Waals surface area contributed by atoms with E-state index in [1.165, 1.54) is 0 Å². The van der Waals surface area contributed by atoms with E-state index in [1.807, 2.05) is 32.0 Å². The molecular formula is C11H18N2O. The molecule has 4 N–H and O–H groups in total. The SMILES string of the molecule is CCC(O)CNc1ccc(C)cc1N. The van der Waals surface area contributed by atoms with Gasteiger partial charge in [-0.2, -0.15) is 0 Å². The monoisotopic (exact) mass is 194 g/mol. The smallest absolute Gasteiger partial charge is 0.0709 e. The van der Waals surface area contributed by atoms with Gasteiger partial charge in [0.2, 0.25) is 0 Å². The zero-order valence-corrected chi connectivity index (χ0v) is 8.75. The number of rotatable bonds is 4. The molecule has 0 saturated carbocycles. The van der Waals surface area contributed by atoms with E-state index in [2.05, 4.69) is 5.32 Å². The molecule has 1 aromatic rings. The summed E-state index contributed by atoms with van der Waals surface area (Å²) < 4.78 is 0. The molecule has 0 fully saturated rings. The van der Waals surface area contributed by atoms with Crippen LogP contribution in [0.4, 0.5) is 11.4 Å². The summed E-state index contributed by atoms with van der Waals surface area (Å²) in [4.78, 5) is 0. The number of anilines is 2. The van der Waals surface area contributed by atoms with E-state index in [0.29, 0.717) is 6.54 Å². The Hall–Kier alpha value is -1.22. The van der Waals surface area contributed by atoms with Crippen LogP contribution in [0.25, 0.3) is 0 Å². The van der Waals surface area contributed by atoms with Crippen LogP contribution in [0.5, 0.6) is 0 Å². The Kier molecular flexibility index (Phi) is 3.77. The zero-order chi connectivity index (χ0) is 10.6. The highest BCUT2D eigenvalue weighted by Crippen LogP contribution is 2.19. The summed E-state index contributed by atoms with van der Waals surface area (Å²) in [6.07, 6.45) is 0.439. The quantitative estimate of drug-likeness (QED) is 0.640. The minimum absolute atomic E-state index is 0.310. The molecule has 0 heterocycles. The Morgan fingerprint density at radius 1 is 1.50 bits per heavy atom. The van der Waals surface area contributed by atoms with E-state index < -0.39 is 0 Å². The predicted octanol–water partition coefficient (Wildman–Crippen LogP) is 1.76. The third kappa shape index (κ3) is 2.92. The first-order valence-corrected chi connectivity index (χ1v) is 4.91. The lowest BCUT2D eigenvalue weighted by atomic mass is 10.2. The molecule has 1 unspecified atom stereocenters. The summed E-state index contributed by atoms with van der Waals surface area (Å²) in [7, 11) is 0. The fourth-order valence-electron chi connectivity index (χ4n) is 1.22. The van der Waals surface area contributed by atoms with Crippen molar-refractivity contribution in [3.63, 3.8) is 0 Å². The van der Waals surface area contributed by atoms with Crippen molar-refractivity contribution in [3.8, 4) is 0 Å². The van der Waals surface area contributed by atoms with E-state index >= 15 is 0 Å². The van der Waals surface area contributed by atoms with Gasteiger partial charge in [-0.25, -0.2) is 0 Å². The molecule has 1 rings (SSSR count). The molecule has 0 aromatic heterocycles. The molecule has 0 radical (unpaired) electrons. The normalized spacial score (nSPS) is 12.5. The number of aryl methyl sites for hydroxylation is 1. The second-order valence-electron chi connectivity index (χ2n) is 3.53. The van der Waals surface area contributed by atoms with Crippen LogP contribution in [0.2, 0.25) is 0 Å². The minimum atomic E-state index is -0.310. The molecule has 0 spiro atoms. The van der Waals surface area contributed by atoms with Crippen LogP contribution in [0.3, 0.4) is 0 Å². The Morgan fingerprint density at radius 3 is 2.79 bits per heavy atom. The second-order valence-corrected chi connectivity index (χ2v) is 3.53. The number of hydrogen-bond acceptors (Lipinski definition) is 3. The summed E-state index contributed by atoms with van der Waals surface area (Å²) in [6, 6.07) is 5.85. The maximum atomic E-state index is 9.36. The van der Waals surface area contributed by atoms with Crippen molar-refractivity contribution in [2.24, 2.45) is 0 Å².